The van der Waals surface area contributed by atoms with Crippen molar-refractivity contribution in [3.63, 3.8) is 0 Å². The lowest BCUT2D eigenvalue weighted by molar-refractivity contribution is -0.144. The van der Waals surface area contributed by atoms with Crippen molar-refractivity contribution in [3.05, 3.63) is 42.5 Å². The monoisotopic (exact) mass is 297 g/mol. The van der Waals surface area contributed by atoms with Crippen LogP contribution in [0.2, 0.25) is 0 Å². The first-order valence-corrected chi connectivity index (χ1v) is 7.59. The first-order valence-electron chi connectivity index (χ1n) is 6.11. The third-order valence-corrected chi connectivity index (χ3v) is 4.51. The predicted molar refractivity (Wildman–Crippen MR) is 76.7 cm³/mol. The van der Waals surface area contributed by atoms with Crippen molar-refractivity contribution in [3.8, 4) is 0 Å². The van der Waals surface area contributed by atoms with E-state index in [-0.39, 0.29) is 4.90 Å². The zero-order chi connectivity index (χ0) is 15.3. The standard InChI is InChI=1S/C14H19NO4S/c1-5-13(14(16)19-4)11(3)15-20(17,18)12-8-6-10(2)7-9-12/h5-9,11,13,15H,1H2,2-4H3/t11-,13-/m0/s1. The lowest BCUT2D eigenvalue weighted by atomic mass is 10.0. The van der Waals surface area contributed by atoms with Crippen LogP contribution in [0.3, 0.4) is 0 Å². The van der Waals surface area contributed by atoms with Gasteiger partial charge in [-0.15, -0.1) is 6.58 Å². The Morgan fingerprint density at radius 1 is 1.35 bits per heavy atom. The molecule has 2 atom stereocenters. The van der Waals surface area contributed by atoms with Gasteiger partial charge in [0.25, 0.3) is 0 Å². The lowest BCUT2D eigenvalue weighted by Crippen LogP contribution is -2.40. The Bertz CT molecular complexity index is 578. The second kappa shape index (κ2) is 6.67. The SMILES string of the molecule is C=C[C@H](C(=O)OC)[C@H](C)NS(=O)(=O)c1ccc(C)cc1. The molecule has 0 saturated heterocycles. The number of carbonyl (C=O) groups excluding carboxylic acids is 1. The van der Waals surface area contributed by atoms with Crippen molar-refractivity contribution >= 4 is 16.0 Å². The second-order valence-corrected chi connectivity index (χ2v) is 6.22. The van der Waals surface area contributed by atoms with Crippen LogP contribution in [0, 0.1) is 12.8 Å². The number of hydrogen-bond donors (Lipinski definition) is 1. The van der Waals surface area contributed by atoms with Gasteiger partial charge in [-0.1, -0.05) is 23.8 Å². The topological polar surface area (TPSA) is 72.5 Å². The number of ether oxygens (including phenoxy) is 1. The summed E-state index contributed by atoms with van der Waals surface area (Å²) in [4.78, 5) is 11.7. The van der Waals surface area contributed by atoms with E-state index in [4.69, 9.17) is 0 Å². The third-order valence-electron chi connectivity index (χ3n) is 2.94. The molecule has 1 N–H and O–H groups in total. The molecule has 0 fully saturated rings. The summed E-state index contributed by atoms with van der Waals surface area (Å²) in [6, 6.07) is 5.82. The summed E-state index contributed by atoms with van der Waals surface area (Å²) in [7, 11) is -2.43. The van der Waals surface area contributed by atoms with Crippen molar-refractivity contribution in [1.82, 2.24) is 4.72 Å². The van der Waals surface area contributed by atoms with Crippen LogP contribution >= 0.6 is 0 Å². The zero-order valence-corrected chi connectivity index (χ0v) is 12.6. The molecule has 110 valence electrons. The highest BCUT2D eigenvalue weighted by Crippen LogP contribution is 2.14. The summed E-state index contributed by atoms with van der Waals surface area (Å²) in [6.07, 6.45) is 1.37. The normalized spacial score (nSPS) is 14.3. The second-order valence-electron chi connectivity index (χ2n) is 4.51. The minimum atomic E-state index is -3.68. The highest BCUT2D eigenvalue weighted by Gasteiger charge is 2.27. The highest BCUT2D eigenvalue weighted by atomic mass is 32.2. The molecule has 0 spiro atoms. The molecule has 0 heterocycles. The van der Waals surface area contributed by atoms with Gasteiger partial charge in [-0.05, 0) is 26.0 Å². The smallest absolute Gasteiger partial charge is 0.314 e. The van der Waals surface area contributed by atoms with Crippen LogP contribution in [0.5, 0.6) is 0 Å². The largest absolute Gasteiger partial charge is 0.469 e. The molecule has 0 aliphatic carbocycles. The predicted octanol–water partition coefficient (Wildman–Crippen LogP) is 1.64. The van der Waals surface area contributed by atoms with E-state index in [1.807, 2.05) is 6.92 Å². The Morgan fingerprint density at radius 3 is 2.35 bits per heavy atom. The number of rotatable bonds is 6. The van der Waals surface area contributed by atoms with Crippen LogP contribution in [0.4, 0.5) is 0 Å². The van der Waals surface area contributed by atoms with Gasteiger partial charge in [0.2, 0.25) is 10.0 Å². The first kappa shape index (κ1) is 16.4. The van der Waals surface area contributed by atoms with E-state index in [1.165, 1.54) is 25.3 Å². The highest BCUT2D eigenvalue weighted by molar-refractivity contribution is 7.89. The third kappa shape index (κ3) is 3.91. The van der Waals surface area contributed by atoms with Gasteiger partial charge in [-0.25, -0.2) is 13.1 Å². The van der Waals surface area contributed by atoms with E-state index in [1.54, 1.807) is 19.1 Å². The zero-order valence-electron chi connectivity index (χ0n) is 11.8. The molecule has 6 heteroatoms. The van der Waals surface area contributed by atoms with Crippen molar-refractivity contribution in [2.75, 3.05) is 7.11 Å². The minimum absolute atomic E-state index is 0.155. The van der Waals surface area contributed by atoms with Gasteiger partial charge in [0.1, 0.15) is 0 Å². The summed E-state index contributed by atoms with van der Waals surface area (Å²) in [5, 5.41) is 0. The van der Waals surface area contributed by atoms with Gasteiger partial charge >= 0.3 is 5.97 Å². The number of carbonyl (C=O) groups is 1. The molecule has 0 bridgehead atoms. The molecular formula is C14H19NO4S. The summed E-state index contributed by atoms with van der Waals surface area (Å²) >= 11 is 0. The maximum absolute atomic E-state index is 12.2. The van der Waals surface area contributed by atoms with E-state index >= 15 is 0 Å². The minimum Gasteiger partial charge on any atom is -0.469 e. The van der Waals surface area contributed by atoms with E-state index in [9.17, 15) is 13.2 Å². The number of aryl methyl sites for hydroxylation is 1. The summed E-state index contributed by atoms with van der Waals surface area (Å²) < 4.78 is 31.4. The van der Waals surface area contributed by atoms with E-state index in [0.717, 1.165) is 5.56 Å². The Hall–Kier alpha value is -1.66. The van der Waals surface area contributed by atoms with E-state index in [0.29, 0.717) is 0 Å². The van der Waals surface area contributed by atoms with Crippen molar-refractivity contribution < 1.29 is 17.9 Å². The molecule has 0 amide bonds. The Balaban J connectivity index is 2.92. The number of benzene rings is 1. The number of hydrogen-bond acceptors (Lipinski definition) is 4. The van der Waals surface area contributed by atoms with Crippen LogP contribution in [0.1, 0.15) is 12.5 Å². The average molecular weight is 297 g/mol. The van der Waals surface area contributed by atoms with Gasteiger partial charge in [0.15, 0.2) is 0 Å². The van der Waals surface area contributed by atoms with Gasteiger partial charge in [-0.3, -0.25) is 4.79 Å². The van der Waals surface area contributed by atoms with Crippen LogP contribution in [-0.2, 0) is 19.6 Å². The van der Waals surface area contributed by atoms with Gasteiger partial charge in [0, 0.05) is 6.04 Å². The van der Waals surface area contributed by atoms with Crippen molar-refractivity contribution in [2.24, 2.45) is 5.92 Å². The molecule has 1 aromatic rings. The van der Waals surface area contributed by atoms with Crippen LogP contribution in [0.15, 0.2) is 41.8 Å². The molecular weight excluding hydrogens is 278 g/mol. The number of methoxy groups -OCH3 is 1. The maximum Gasteiger partial charge on any atom is 0.314 e. The molecule has 0 aliphatic rings. The molecule has 1 aromatic carbocycles. The first-order chi connectivity index (χ1) is 9.31. The Kier molecular flexibility index (Phi) is 5.47. The molecule has 0 saturated carbocycles. The molecule has 0 radical (unpaired) electrons. The summed E-state index contributed by atoms with van der Waals surface area (Å²) in [6.45, 7) is 6.99. The fourth-order valence-electron chi connectivity index (χ4n) is 1.74. The maximum atomic E-state index is 12.2. The van der Waals surface area contributed by atoms with Gasteiger partial charge < -0.3 is 4.74 Å². The van der Waals surface area contributed by atoms with Crippen LogP contribution < -0.4 is 4.72 Å². The van der Waals surface area contributed by atoms with Crippen molar-refractivity contribution in [2.45, 2.75) is 24.8 Å². The Morgan fingerprint density at radius 2 is 1.90 bits per heavy atom. The van der Waals surface area contributed by atoms with Crippen LogP contribution in [0.25, 0.3) is 0 Å². The quantitative estimate of drug-likeness (QED) is 0.640. The molecule has 0 unspecified atom stereocenters. The molecule has 20 heavy (non-hydrogen) atoms. The van der Waals surface area contributed by atoms with Gasteiger partial charge in [-0.2, -0.15) is 0 Å². The molecule has 0 aliphatic heterocycles. The molecule has 1 rings (SSSR count). The van der Waals surface area contributed by atoms with Crippen molar-refractivity contribution in [1.29, 1.82) is 0 Å². The van der Waals surface area contributed by atoms with E-state index in [2.05, 4.69) is 16.0 Å². The number of esters is 1. The fourth-order valence-corrected chi connectivity index (χ4v) is 3.01. The molecule has 0 aromatic heterocycles. The molecule has 5 nitrogen and oxygen atoms in total. The Labute approximate surface area is 119 Å². The fraction of sp³-hybridized carbons (Fsp3) is 0.357. The van der Waals surface area contributed by atoms with Gasteiger partial charge in [0.05, 0.1) is 17.9 Å². The number of sulfonamides is 1. The van der Waals surface area contributed by atoms with E-state index < -0.39 is 28.0 Å². The van der Waals surface area contributed by atoms with Crippen LogP contribution in [-0.4, -0.2) is 27.5 Å². The summed E-state index contributed by atoms with van der Waals surface area (Å²) in [5.74, 6) is -1.26. The summed E-state index contributed by atoms with van der Waals surface area (Å²) in [5.41, 5.74) is 0.968. The lowest BCUT2D eigenvalue weighted by Gasteiger charge is -2.19. The average Bonchev–Trinajstić information content (AvgIpc) is 2.39. The number of nitrogens with one attached hydrogen (secondary N) is 1.